The van der Waals surface area contributed by atoms with E-state index in [2.05, 4.69) is 25.1 Å². The molecule has 2 aliphatic rings. The molecule has 3 aromatic rings. The van der Waals surface area contributed by atoms with E-state index in [1.54, 1.807) is 23.4 Å². The van der Waals surface area contributed by atoms with Crippen molar-refractivity contribution < 1.29 is 4.79 Å². The molecular formula is C19H18N6O2. The molecule has 0 saturated heterocycles. The molecule has 0 unspecified atom stereocenters. The van der Waals surface area contributed by atoms with Crippen LogP contribution in [0.4, 0.5) is 0 Å². The number of hydrogen-bond acceptors (Lipinski definition) is 5. The Bertz CT molecular complexity index is 1090. The van der Waals surface area contributed by atoms with Gasteiger partial charge in [0.05, 0.1) is 12.2 Å². The molecule has 0 radical (unpaired) electrons. The quantitative estimate of drug-likeness (QED) is 0.713. The second kappa shape index (κ2) is 6.15. The number of aromatic nitrogens is 5. The van der Waals surface area contributed by atoms with Gasteiger partial charge in [0.2, 0.25) is 0 Å². The van der Waals surface area contributed by atoms with Gasteiger partial charge in [0, 0.05) is 41.3 Å². The molecule has 136 valence electrons. The molecule has 0 fully saturated rings. The minimum absolute atomic E-state index is 0.0925. The van der Waals surface area contributed by atoms with Crippen LogP contribution in [0.25, 0.3) is 11.4 Å². The Labute approximate surface area is 154 Å². The third-order valence-electron chi connectivity index (χ3n) is 5.30. The number of amides is 1. The van der Waals surface area contributed by atoms with Crippen LogP contribution in [-0.4, -0.2) is 42.5 Å². The molecule has 1 aliphatic carbocycles. The van der Waals surface area contributed by atoms with E-state index in [0.717, 1.165) is 36.1 Å². The van der Waals surface area contributed by atoms with Gasteiger partial charge in [0.15, 0.2) is 5.69 Å². The summed E-state index contributed by atoms with van der Waals surface area (Å²) >= 11 is 0. The molecular weight excluding hydrogens is 344 g/mol. The van der Waals surface area contributed by atoms with E-state index in [4.69, 9.17) is 0 Å². The van der Waals surface area contributed by atoms with Gasteiger partial charge in [-0.2, -0.15) is 5.10 Å². The number of nitrogens with one attached hydrogen (secondary N) is 2. The molecule has 27 heavy (non-hydrogen) atoms. The van der Waals surface area contributed by atoms with Crippen LogP contribution in [0, 0.1) is 0 Å². The summed E-state index contributed by atoms with van der Waals surface area (Å²) in [6.45, 7) is 0.803. The van der Waals surface area contributed by atoms with E-state index in [1.165, 1.54) is 0 Å². The summed E-state index contributed by atoms with van der Waals surface area (Å²) < 4.78 is 0. The molecule has 1 amide bonds. The van der Waals surface area contributed by atoms with Gasteiger partial charge in [-0.25, -0.2) is 4.98 Å². The largest absolute Gasteiger partial charge is 0.331 e. The Morgan fingerprint density at radius 1 is 1.19 bits per heavy atom. The van der Waals surface area contributed by atoms with Crippen LogP contribution in [0.3, 0.4) is 0 Å². The smallest absolute Gasteiger partial charge is 0.275 e. The number of aryl methyl sites for hydroxylation is 1. The minimum Gasteiger partial charge on any atom is -0.331 e. The molecule has 2 N–H and O–H groups in total. The molecule has 3 aromatic heterocycles. The molecule has 1 aliphatic heterocycles. The average molecular weight is 362 g/mol. The van der Waals surface area contributed by atoms with Crippen LogP contribution in [0.2, 0.25) is 0 Å². The first kappa shape index (κ1) is 15.9. The molecule has 4 heterocycles. The van der Waals surface area contributed by atoms with Crippen LogP contribution in [-0.2, 0) is 25.8 Å². The van der Waals surface area contributed by atoms with Crippen LogP contribution in [0.1, 0.15) is 39.4 Å². The van der Waals surface area contributed by atoms with E-state index in [9.17, 15) is 9.59 Å². The highest BCUT2D eigenvalue weighted by Gasteiger charge is 2.30. The fraction of sp³-hybridized carbons (Fsp3) is 0.316. The van der Waals surface area contributed by atoms with Gasteiger partial charge in [-0.05, 0) is 37.8 Å². The van der Waals surface area contributed by atoms with Gasteiger partial charge < -0.3 is 9.88 Å². The number of hydrogen-bond donors (Lipinski definition) is 2. The summed E-state index contributed by atoms with van der Waals surface area (Å²) in [7, 11) is 0. The molecule has 0 saturated carbocycles. The van der Waals surface area contributed by atoms with Gasteiger partial charge in [-0.1, -0.05) is 0 Å². The van der Waals surface area contributed by atoms with Crippen molar-refractivity contribution in [1.29, 1.82) is 0 Å². The van der Waals surface area contributed by atoms with E-state index < -0.39 is 0 Å². The highest BCUT2D eigenvalue weighted by Crippen LogP contribution is 2.25. The Morgan fingerprint density at radius 2 is 2.11 bits per heavy atom. The molecule has 0 atom stereocenters. The molecule has 0 aromatic carbocycles. The maximum atomic E-state index is 13.0. The fourth-order valence-corrected chi connectivity index (χ4v) is 3.90. The van der Waals surface area contributed by atoms with E-state index in [0.29, 0.717) is 42.3 Å². The maximum Gasteiger partial charge on any atom is 0.275 e. The third kappa shape index (κ3) is 2.64. The summed E-state index contributed by atoms with van der Waals surface area (Å²) in [6.07, 6.45) is 6.71. The number of nitrogens with zero attached hydrogens (tertiary/aromatic N) is 4. The predicted octanol–water partition coefficient (Wildman–Crippen LogP) is 1.24. The van der Waals surface area contributed by atoms with E-state index in [1.807, 2.05) is 6.07 Å². The molecule has 0 bridgehead atoms. The van der Waals surface area contributed by atoms with Gasteiger partial charge in [0.25, 0.3) is 11.5 Å². The summed E-state index contributed by atoms with van der Waals surface area (Å²) in [5.41, 5.74) is 4.52. The summed E-state index contributed by atoms with van der Waals surface area (Å²) in [6, 6.07) is 3.64. The number of aromatic amines is 2. The van der Waals surface area contributed by atoms with Crippen molar-refractivity contribution in [3.05, 3.63) is 63.1 Å². The number of H-pyrrole nitrogens is 2. The number of carbonyl (C=O) groups is 1. The molecule has 8 heteroatoms. The highest BCUT2D eigenvalue weighted by atomic mass is 16.2. The SMILES string of the molecule is O=C(c1n[nH]c2c1CCC2)N1CCc2c(nc(-c3cccnc3)[nH]c2=O)C1. The zero-order valence-electron chi connectivity index (χ0n) is 14.7. The summed E-state index contributed by atoms with van der Waals surface area (Å²) in [5.74, 6) is 0.381. The second-order valence-electron chi connectivity index (χ2n) is 6.94. The van der Waals surface area contributed by atoms with Crippen molar-refractivity contribution in [2.45, 2.75) is 32.2 Å². The van der Waals surface area contributed by atoms with Gasteiger partial charge in [-0.15, -0.1) is 0 Å². The summed E-state index contributed by atoms with van der Waals surface area (Å²) in [4.78, 5) is 38.7. The Morgan fingerprint density at radius 3 is 2.96 bits per heavy atom. The molecule has 8 nitrogen and oxygen atoms in total. The molecule has 5 rings (SSSR count). The molecule has 0 spiro atoms. The normalized spacial score (nSPS) is 15.5. The lowest BCUT2D eigenvalue weighted by Crippen LogP contribution is -2.39. The lowest BCUT2D eigenvalue weighted by Gasteiger charge is -2.27. The predicted molar refractivity (Wildman–Crippen MR) is 97.1 cm³/mol. The first-order chi connectivity index (χ1) is 13.2. The zero-order valence-corrected chi connectivity index (χ0v) is 14.7. The topological polar surface area (TPSA) is 108 Å². The van der Waals surface area contributed by atoms with Crippen molar-refractivity contribution in [1.82, 2.24) is 30.0 Å². The van der Waals surface area contributed by atoms with Crippen LogP contribution < -0.4 is 5.56 Å². The fourth-order valence-electron chi connectivity index (χ4n) is 3.90. The average Bonchev–Trinajstić information content (AvgIpc) is 3.31. The standard InChI is InChI=1S/C19H18N6O2/c26-18-13-6-8-25(19(27)16-12-4-1-5-14(12)23-24-16)10-15(13)21-17(22-18)11-3-2-7-20-9-11/h2-3,7,9H,1,4-6,8,10H2,(H,23,24)(H,21,22,26). The Kier molecular flexibility index (Phi) is 3.63. The Balaban J connectivity index is 1.47. The van der Waals surface area contributed by atoms with E-state index >= 15 is 0 Å². The highest BCUT2D eigenvalue weighted by molar-refractivity contribution is 5.94. The van der Waals surface area contributed by atoms with Crippen molar-refractivity contribution in [2.24, 2.45) is 0 Å². The number of carbonyl (C=O) groups excluding carboxylic acids is 1. The maximum absolute atomic E-state index is 13.0. The second-order valence-corrected chi connectivity index (χ2v) is 6.94. The van der Waals surface area contributed by atoms with Gasteiger partial charge in [-0.3, -0.25) is 19.7 Å². The third-order valence-corrected chi connectivity index (χ3v) is 5.30. The number of rotatable bonds is 2. The van der Waals surface area contributed by atoms with Gasteiger partial charge >= 0.3 is 0 Å². The monoisotopic (exact) mass is 362 g/mol. The Hall–Kier alpha value is -3.29. The summed E-state index contributed by atoms with van der Waals surface area (Å²) in [5, 5.41) is 7.23. The lowest BCUT2D eigenvalue weighted by molar-refractivity contribution is 0.0724. The first-order valence-electron chi connectivity index (χ1n) is 9.08. The van der Waals surface area contributed by atoms with Crippen LogP contribution in [0.5, 0.6) is 0 Å². The van der Waals surface area contributed by atoms with Crippen molar-refractivity contribution in [3.8, 4) is 11.4 Å². The van der Waals surface area contributed by atoms with Crippen molar-refractivity contribution in [3.63, 3.8) is 0 Å². The first-order valence-corrected chi connectivity index (χ1v) is 9.08. The zero-order chi connectivity index (χ0) is 18.4. The van der Waals surface area contributed by atoms with E-state index in [-0.39, 0.29) is 11.5 Å². The van der Waals surface area contributed by atoms with Crippen molar-refractivity contribution >= 4 is 5.91 Å². The van der Waals surface area contributed by atoms with Gasteiger partial charge in [0.1, 0.15) is 5.82 Å². The number of pyridine rings is 1. The number of fused-ring (bicyclic) bond motifs is 2. The lowest BCUT2D eigenvalue weighted by atomic mass is 10.0. The van der Waals surface area contributed by atoms with Crippen molar-refractivity contribution in [2.75, 3.05) is 6.54 Å². The van der Waals surface area contributed by atoms with Crippen LogP contribution in [0.15, 0.2) is 29.3 Å². The minimum atomic E-state index is -0.147. The van der Waals surface area contributed by atoms with Crippen LogP contribution >= 0.6 is 0 Å².